The summed E-state index contributed by atoms with van der Waals surface area (Å²) in [7, 11) is 1.84. The Labute approximate surface area is 148 Å². The second-order valence-corrected chi connectivity index (χ2v) is 7.06. The van der Waals surface area contributed by atoms with Gasteiger partial charge in [-0.2, -0.15) is 5.10 Å². The average molecular weight is 359 g/mol. The van der Waals surface area contributed by atoms with Crippen molar-refractivity contribution in [3.05, 3.63) is 45.4 Å². The molecule has 0 aliphatic rings. The first-order valence-electron chi connectivity index (χ1n) is 7.34. The third kappa shape index (κ3) is 3.15. The lowest BCUT2D eigenvalue weighted by atomic mass is 10.1. The number of nitrogens with one attached hydrogen (secondary N) is 2. The number of carbonyl (C=O) groups is 1. The number of hydrogen-bond donors (Lipinski definition) is 2. The van der Waals surface area contributed by atoms with Crippen LogP contribution in [0.15, 0.2) is 18.2 Å². The van der Waals surface area contributed by atoms with Crippen molar-refractivity contribution in [1.82, 2.24) is 19.7 Å². The number of rotatable bonds is 3. The first-order valence-corrected chi connectivity index (χ1v) is 8.56. The predicted octanol–water partition coefficient (Wildman–Crippen LogP) is 3.78. The zero-order valence-electron chi connectivity index (χ0n) is 13.8. The highest BCUT2D eigenvalue weighted by molar-refractivity contribution is 7.71. The number of hydrogen-bond acceptors (Lipinski definition) is 5. The summed E-state index contributed by atoms with van der Waals surface area (Å²) in [6, 6.07) is 5.76. The summed E-state index contributed by atoms with van der Waals surface area (Å²) >= 11 is 6.52. The van der Waals surface area contributed by atoms with Crippen LogP contribution in [0.25, 0.3) is 10.7 Å². The summed E-state index contributed by atoms with van der Waals surface area (Å²) in [6.45, 7) is 5.83. The van der Waals surface area contributed by atoms with Crippen molar-refractivity contribution < 1.29 is 4.79 Å². The highest BCUT2D eigenvalue weighted by Crippen LogP contribution is 2.31. The van der Waals surface area contributed by atoms with Crippen LogP contribution in [-0.4, -0.2) is 25.7 Å². The van der Waals surface area contributed by atoms with Gasteiger partial charge in [-0.3, -0.25) is 15.2 Å². The maximum absolute atomic E-state index is 12.5. The number of aromatic nitrogens is 4. The molecule has 0 unspecified atom stereocenters. The van der Waals surface area contributed by atoms with Gasteiger partial charge in [-0.15, -0.1) is 0 Å². The fourth-order valence-corrected chi connectivity index (χ4v) is 3.60. The van der Waals surface area contributed by atoms with E-state index in [9.17, 15) is 4.79 Å². The number of amides is 1. The Kier molecular flexibility index (Phi) is 4.33. The van der Waals surface area contributed by atoms with E-state index in [1.54, 1.807) is 4.57 Å². The Morgan fingerprint density at radius 3 is 2.50 bits per heavy atom. The Bertz CT molecular complexity index is 963. The molecule has 0 atom stereocenters. The number of aromatic amines is 1. The highest BCUT2D eigenvalue weighted by Gasteiger charge is 2.16. The van der Waals surface area contributed by atoms with E-state index in [2.05, 4.69) is 20.5 Å². The molecule has 6 nitrogen and oxygen atoms in total. The van der Waals surface area contributed by atoms with E-state index in [4.69, 9.17) is 12.2 Å². The molecule has 0 spiro atoms. The SMILES string of the molecule is Cc1cc(C)cc(C(=O)Nc2nc(C)c(-c3n[nH]c(=S)n3C)s2)c1. The third-order valence-electron chi connectivity index (χ3n) is 3.58. The molecule has 0 aliphatic carbocycles. The molecule has 124 valence electrons. The van der Waals surface area contributed by atoms with E-state index < -0.39 is 0 Å². The summed E-state index contributed by atoms with van der Waals surface area (Å²) < 4.78 is 2.32. The van der Waals surface area contributed by atoms with E-state index in [-0.39, 0.29) is 5.91 Å². The predicted molar refractivity (Wildman–Crippen MR) is 98.1 cm³/mol. The lowest BCUT2D eigenvalue weighted by Crippen LogP contribution is -2.12. The van der Waals surface area contributed by atoms with Crippen molar-refractivity contribution in [2.45, 2.75) is 20.8 Å². The molecule has 2 aromatic heterocycles. The molecular weight excluding hydrogens is 342 g/mol. The van der Waals surface area contributed by atoms with Crippen molar-refractivity contribution >= 4 is 34.6 Å². The van der Waals surface area contributed by atoms with Crippen LogP contribution in [-0.2, 0) is 7.05 Å². The largest absolute Gasteiger partial charge is 0.303 e. The van der Waals surface area contributed by atoms with Gasteiger partial charge in [0.1, 0.15) is 0 Å². The van der Waals surface area contributed by atoms with Gasteiger partial charge in [0.05, 0.1) is 10.6 Å². The summed E-state index contributed by atoms with van der Waals surface area (Å²) in [6.07, 6.45) is 0. The second-order valence-electron chi connectivity index (χ2n) is 5.68. The van der Waals surface area contributed by atoms with Crippen LogP contribution >= 0.6 is 23.6 Å². The monoisotopic (exact) mass is 359 g/mol. The fourth-order valence-electron chi connectivity index (χ4n) is 2.48. The van der Waals surface area contributed by atoms with Crippen LogP contribution in [0.4, 0.5) is 5.13 Å². The highest BCUT2D eigenvalue weighted by atomic mass is 32.1. The van der Waals surface area contributed by atoms with Gasteiger partial charge in [0.2, 0.25) is 0 Å². The van der Waals surface area contributed by atoms with Gasteiger partial charge in [-0.1, -0.05) is 28.5 Å². The molecule has 2 N–H and O–H groups in total. The Balaban J connectivity index is 1.89. The van der Waals surface area contributed by atoms with E-state index in [0.29, 0.717) is 21.3 Å². The maximum Gasteiger partial charge on any atom is 0.257 e. The number of aryl methyl sites for hydroxylation is 3. The molecule has 2 heterocycles. The Hall–Kier alpha value is -2.32. The van der Waals surface area contributed by atoms with Gasteiger partial charge in [0, 0.05) is 12.6 Å². The number of H-pyrrole nitrogens is 1. The van der Waals surface area contributed by atoms with Gasteiger partial charge in [0.15, 0.2) is 15.7 Å². The third-order valence-corrected chi connectivity index (χ3v) is 5.02. The number of anilines is 1. The topological polar surface area (TPSA) is 75.6 Å². The van der Waals surface area contributed by atoms with Gasteiger partial charge in [-0.25, -0.2) is 4.98 Å². The Morgan fingerprint density at radius 1 is 1.25 bits per heavy atom. The van der Waals surface area contributed by atoms with Crippen LogP contribution in [0, 0.1) is 25.5 Å². The normalized spacial score (nSPS) is 10.8. The Morgan fingerprint density at radius 2 is 1.92 bits per heavy atom. The van der Waals surface area contributed by atoms with E-state index in [1.165, 1.54) is 11.3 Å². The first-order chi connectivity index (χ1) is 11.3. The molecule has 24 heavy (non-hydrogen) atoms. The molecule has 0 saturated heterocycles. The quantitative estimate of drug-likeness (QED) is 0.698. The molecule has 0 aliphatic heterocycles. The molecule has 0 saturated carbocycles. The molecule has 1 amide bonds. The lowest BCUT2D eigenvalue weighted by molar-refractivity contribution is 0.102. The van der Waals surface area contributed by atoms with Crippen LogP contribution in [0.1, 0.15) is 27.2 Å². The molecule has 3 aromatic rings. The van der Waals surface area contributed by atoms with E-state index in [1.807, 2.05) is 46.0 Å². The van der Waals surface area contributed by atoms with Gasteiger partial charge < -0.3 is 4.57 Å². The van der Waals surface area contributed by atoms with Crippen molar-refractivity contribution in [3.63, 3.8) is 0 Å². The zero-order valence-corrected chi connectivity index (χ0v) is 15.4. The van der Waals surface area contributed by atoms with E-state index >= 15 is 0 Å². The van der Waals surface area contributed by atoms with Crippen LogP contribution < -0.4 is 5.32 Å². The molecular formula is C16H17N5OS2. The zero-order chi connectivity index (χ0) is 17.4. The van der Waals surface area contributed by atoms with Crippen LogP contribution in [0.2, 0.25) is 0 Å². The molecule has 1 aromatic carbocycles. The second kappa shape index (κ2) is 6.29. The molecule has 8 heteroatoms. The van der Waals surface area contributed by atoms with Crippen molar-refractivity contribution in [2.75, 3.05) is 5.32 Å². The molecule has 0 bridgehead atoms. The summed E-state index contributed by atoms with van der Waals surface area (Å²) in [5.74, 6) is 0.541. The van der Waals surface area contributed by atoms with Crippen LogP contribution in [0.5, 0.6) is 0 Å². The van der Waals surface area contributed by atoms with Crippen molar-refractivity contribution in [3.8, 4) is 10.7 Å². The minimum atomic E-state index is -0.169. The smallest absolute Gasteiger partial charge is 0.257 e. The summed E-state index contributed by atoms with van der Waals surface area (Å²) in [5.41, 5.74) is 3.53. The summed E-state index contributed by atoms with van der Waals surface area (Å²) in [5, 5.41) is 10.4. The number of nitrogens with zero attached hydrogens (tertiary/aromatic N) is 3. The number of carbonyl (C=O) groups excluding carboxylic acids is 1. The van der Waals surface area contributed by atoms with Crippen molar-refractivity contribution in [2.24, 2.45) is 7.05 Å². The molecule has 0 radical (unpaired) electrons. The maximum atomic E-state index is 12.5. The fraction of sp³-hybridized carbons (Fsp3) is 0.250. The van der Waals surface area contributed by atoms with Gasteiger partial charge >= 0.3 is 0 Å². The lowest BCUT2D eigenvalue weighted by Gasteiger charge is -2.04. The molecule has 3 rings (SSSR count). The number of thiazole rings is 1. The van der Waals surface area contributed by atoms with Gasteiger partial charge in [-0.05, 0) is 45.1 Å². The van der Waals surface area contributed by atoms with Crippen molar-refractivity contribution in [1.29, 1.82) is 0 Å². The first kappa shape index (κ1) is 16.5. The van der Waals surface area contributed by atoms with Gasteiger partial charge in [0.25, 0.3) is 5.91 Å². The summed E-state index contributed by atoms with van der Waals surface area (Å²) in [4.78, 5) is 17.8. The minimum Gasteiger partial charge on any atom is -0.303 e. The average Bonchev–Trinajstić information content (AvgIpc) is 3.01. The standard InChI is InChI=1S/C16H17N5OS2/c1-8-5-9(2)7-11(6-8)14(22)18-15-17-10(3)12(24-15)13-19-20-16(23)21(13)4/h5-7H,1-4H3,(H,20,23)(H,17,18,22). The molecule has 0 fully saturated rings. The minimum absolute atomic E-state index is 0.169. The van der Waals surface area contributed by atoms with E-state index in [0.717, 1.165) is 21.7 Å². The van der Waals surface area contributed by atoms with Crippen LogP contribution in [0.3, 0.4) is 0 Å². The number of benzene rings is 1.